The molecule has 24 rings (SSSR count). The lowest BCUT2D eigenvalue weighted by Crippen LogP contribution is -2.30. The van der Waals surface area contributed by atoms with E-state index in [1.807, 2.05) is 22.7 Å². The van der Waals surface area contributed by atoms with Gasteiger partial charge >= 0.3 is 0 Å². The Bertz CT molecular complexity index is 7520. The topological polar surface area (TPSA) is 6.48 Å². The molecule has 0 fully saturated rings. The quantitative estimate of drug-likeness (QED) is 0.147. The number of anilines is 6. The van der Waals surface area contributed by atoms with Crippen molar-refractivity contribution in [2.75, 3.05) is 9.80 Å². The van der Waals surface area contributed by atoms with E-state index in [1.54, 1.807) is 0 Å². The van der Waals surface area contributed by atoms with Gasteiger partial charge in [-0.05, 0) is 278 Å². The molecule has 596 valence electrons. The zero-order chi connectivity index (χ0) is 84.0. The van der Waals surface area contributed by atoms with Crippen molar-refractivity contribution >= 4 is 172 Å². The molecule has 0 saturated carbocycles. The summed E-state index contributed by atoms with van der Waals surface area (Å²) in [6, 6.07) is 140. The maximum absolute atomic E-state index is 3.69. The van der Waals surface area contributed by atoms with E-state index in [-0.39, 0.29) is 16.2 Å². The highest BCUT2D eigenvalue weighted by atomic mass is 79.9. The Balaban J connectivity index is 0.000000142. The van der Waals surface area contributed by atoms with E-state index in [1.165, 1.54) is 217 Å². The van der Waals surface area contributed by atoms with E-state index < -0.39 is 0 Å². The molecular weight excluding hydrogens is 1670 g/mol. The third-order valence-electron chi connectivity index (χ3n) is 27.0. The minimum absolute atomic E-state index is 0.0509. The van der Waals surface area contributed by atoms with Gasteiger partial charge in [0.05, 0.1) is 22.7 Å². The van der Waals surface area contributed by atoms with Crippen LogP contribution in [0.25, 0.3) is 139 Å². The molecule has 2 nitrogen and oxygen atoms in total. The van der Waals surface area contributed by atoms with Crippen molar-refractivity contribution in [3.63, 3.8) is 0 Å². The van der Waals surface area contributed by atoms with Gasteiger partial charge in [0, 0.05) is 76.9 Å². The maximum atomic E-state index is 3.69. The molecule has 2 aromatic heterocycles. The molecule has 124 heavy (non-hydrogen) atoms. The van der Waals surface area contributed by atoms with Gasteiger partial charge in [-0.2, -0.15) is 0 Å². The Hall–Kier alpha value is -12.8. The Kier molecular flexibility index (Phi) is 18.9. The predicted octanol–water partition coefficient (Wildman–Crippen LogP) is 35.3. The highest BCUT2D eigenvalue weighted by molar-refractivity contribution is 9.10. The standard InChI is InChI=1S/C68H48N2S2.C26H16Br2.C24H24/c1-67(2)53-25-13-15-27-57(53)69(59-39-63-49(37-55(59)67)45-23-11-17-29-61(45)71-63)43-31-33-47-51(35-43)65(41-19-7-5-8-20-41)48-34-32-44(36-52(48)66(47)42-21-9-6-10-22-42)70-58-28-16-14-26-54(58)68(3,4)56-38-50-46-24-12-18-30-62(46)72-64(50)40-60(56)70;27-19-12-14-22-23(15-19)25(17-7-3-1-4-8-17)21-13-11-20(28)16-24(21)26(22)18-9-5-2-6-10-18;1-16-9-5-7-11-20(16)21-15-23-19(13-17(21)2)14-18-10-6-8-12-22(18)24(23,3)4/h5-40H,1-4H3;1-16H;5-13,15H,14H2,1-4H3. The Labute approximate surface area is 749 Å². The monoisotopic (exact) mass is 1750 g/mol. The van der Waals surface area contributed by atoms with Crippen LogP contribution in [0.1, 0.15) is 97.2 Å². The molecule has 0 N–H and O–H groups in total. The first kappa shape index (κ1) is 77.3. The van der Waals surface area contributed by atoms with E-state index >= 15 is 0 Å². The number of hydrogen-bond acceptors (Lipinski definition) is 4. The number of nitrogens with zero attached hydrogens (tertiary/aromatic N) is 2. The third-order valence-corrected chi connectivity index (χ3v) is 30.2. The second-order valence-corrected chi connectivity index (χ2v) is 39.3. The van der Waals surface area contributed by atoms with Crippen LogP contribution in [-0.4, -0.2) is 0 Å². The molecule has 6 heteroatoms. The minimum Gasteiger partial charge on any atom is -0.310 e. The van der Waals surface area contributed by atoms with Gasteiger partial charge < -0.3 is 9.80 Å². The molecule has 0 spiro atoms. The number of hydrogen-bond donors (Lipinski definition) is 0. The summed E-state index contributed by atoms with van der Waals surface area (Å²) in [6.07, 6.45) is 1.05. The normalized spacial score (nSPS) is 13.9. The van der Waals surface area contributed by atoms with Gasteiger partial charge in [-0.3, -0.25) is 0 Å². The fraction of sp³-hybridized carbons (Fsp3) is 0.102. The zero-order valence-electron chi connectivity index (χ0n) is 70.5. The predicted molar refractivity (Wildman–Crippen MR) is 542 cm³/mol. The molecule has 0 atom stereocenters. The number of benzene rings is 19. The van der Waals surface area contributed by atoms with E-state index in [9.17, 15) is 0 Å². The van der Waals surface area contributed by atoms with Crippen LogP contribution in [0.2, 0.25) is 0 Å². The second-order valence-electron chi connectivity index (χ2n) is 35.3. The number of halogens is 2. The van der Waals surface area contributed by atoms with Gasteiger partial charge in [0.25, 0.3) is 0 Å². The lowest BCUT2D eigenvalue weighted by atomic mass is 9.68. The molecule has 2 aliphatic heterocycles. The van der Waals surface area contributed by atoms with Gasteiger partial charge in [0.15, 0.2) is 0 Å². The number of thiophene rings is 2. The molecule has 0 amide bonds. The van der Waals surface area contributed by atoms with Crippen LogP contribution in [0.5, 0.6) is 0 Å². The Morgan fingerprint density at radius 1 is 0.234 bits per heavy atom. The largest absolute Gasteiger partial charge is 0.310 e. The van der Waals surface area contributed by atoms with Crippen LogP contribution in [0.4, 0.5) is 34.1 Å². The van der Waals surface area contributed by atoms with Crippen molar-refractivity contribution in [2.24, 2.45) is 0 Å². The maximum Gasteiger partial charge on any atom is 0.0517 e. The van der Waals surface area contributed by atoms with Crippen LogP contribution in [-0.2, 0) is 22.7 Å². The lowest BCUT2D eigenvalue weighted by Gasteiger charge is -2.42. The third kappa shape index (κ3) is 12.7. The number of aryl methyl sites for hydroxylation is 2. The highest BCUT2D eigenvalue weighted by Gasteiger charge is 2.41. The summed E-state index contributed by atoms with van der Waals surface area (Å²) in [4.78, 5) is 5.09. The van der Waals surface area contributed by atoms with Crippen molar-refractivity contribution in [2.45, 2.75) is 78.1 Å². The first-order valence-corrected chi connectivity index (χ1v) is 46.2. The lowest BCUT2D eigenvalue weighted by molar-refractivity contribution is 0.610. The number of fused-ring (bicyclic) bond motifs is 16. The van der Waals surface area contributed by atoms with Crippen molar-refractivity contribution < 1.29 is 0 Å². The summed E-state index contributed by atoms with van der Waals surface area (Å²) in [6.45, 7) is 18.8. The van der Waals surface area contributed by atoms with E-state index in [0.717, 1.165) is 26.7 Å². The average Bonchev–Trinajstić information content (AvgIpc) is 1.21. The molecule has 0 unspecified atom stereocenters. The van der Waals surface area contributed by atoms with Gasteiger partial charge in [0.1, 0.15) is 0 Å². The van der Waals surface area contributed by atoms with Gasteiger partial charge in [-0.25, -0.2) is 0 Å². The molecule has 1 aliphatic carbocycles. The van der Waals surface area contributed by atoms with Gasteiger partial charge in [-0.1, -0.05) is 346 Å². The van der Waals surface area contributed by atoms with Crippen molar-refractivity contribution in [1.82, 2.24) is 0 Å². The van der Waals surface area contributed by atoms with Crippen LogP contribution >= 0.6 is 54.5 Å². The van der Waals surface area contributed by atoms with Gasteiger partial charge in [0.2, 0.25) is 0 Å². The summed E-state index contributed by atoms with van der Waals surface area (Å²) in [5.41, 5.74) is 33.4. The van der Waals surface area contributed by atoms with Crippen LogP contribution in [0.15, 0.2) is 385 Å². The molecule has 0 saturated heterocycles. The molecule has 0 bridgehead atoms. The fourth-order valence-corrected chi connectivity index (χ4v) is 24.0. The molecule has 3 aliphatic rings. The van der Waals surface area contributed by atoms with Crippen LogP contribution in [0, 0.1) is 13.8 Å². The summed E-state index contributed by atoms with van der Waals surface area (Å²) in [5.74, 6) is 0. The van der Waals surface area contributed by atoms with Gasteiger partial charge in [-0.15, -0.1) is 22.7 Å². The summed E-state index contributed by atoms with van der Waals surface area (Å²) >= 11 is 11.2. The first-order chi connectivity index (χ1) is 60.4. The van der Waals surface area contributed by atoms with E-state index in [4.69, 9.17) is 0 Å². The molecular formula is C118H88Br2N2S2. The average molecular weight is 1760 g/mol. The number of para-hydroxylation sites is 2. The van der Waals surface area contributed by atoms with Crippen molar-refractivity contribution in [3.8, 4) is 55.6 Å². The SMILES string of the molecule is Brc1ccc2c(-c3ccccc3)c3cc(Br)ccc3c(-c3ccccc3)c2c1.CC1(C)c2ccccc2N(c2ccc3c(-c4ccccc4)c4cc(N5c6ccccc6C(C)(C)c6cc7c(cc65)sc5ccccc57)ccc4c(-c4ccccc4)c3c2)c2cc3sc4ccccc4c3cc21.Cc1ccccc1-c1cc2c(cc1C)Cc1ccccc1C2(C)C. The van der Waals surface area contributed by atoms with Crippen molar-refractivity contribution in [1.29, 1.82) is 0 Å². The summed E-state index contributed by atoms with van der Waals surface area (Å²) in [5, 5.41) is 15.3. The smallest absolute Gasteiger partial charge is 0.0517 e. The Morgan fingerprint density at radius 3 is 1.04 bits per heavy atom. The van der Waals surface area contributed by atoms with E-state index in [0.29, 0.717) is 0 Å². The molecule has 21 aromatic rings. The molecule has 19 aromatic carbocycles. The summed E-state index contributed by atoms with van der Waals surface area (Å²) in [7, 11) is 0. The first-order valence-electron chi connectivity index (χ1n) is 43.0. The Morgan fingerprint density at radius 2 is 0.597 bits per heavy atom. The van der Waals surface area contributed by atoms with E-state index in [2.05, 4.69) is 473 Å². The van der Waals surface area contributed by atoms with Crippen molar-refractivity contribution in [3.05, 3.63) is 441 Å². The molecule has 0 radical (unpaired) electrons. The molecule has 4 heterocycles. The second kappa shape index (κ2) is 30.3. The minimum atomic E-state index is -0.213. The zero-order valence-corrected chi connectivity index (χ0v) is 75.3. The number of rotatable bonds is 7. The highest BCUT2D eigenvalue weighted by Crippen LogP contribution is 2.59. The van der Waals surface area contributed by atoms with Crippen LogP contribution in [0.3, 0.4) is 0 Å². The van der Waals surface area contributed by atoms with Crippen LogP contribution < -0.4 is 9.80 Å². The fourth-order valence-electron chi connectivity index (χ4n) is 21.0. The summed E-state index contributed by atoms with van der Waals surface area (Å²) < 4.78 is 7.45.